The fourth-order valence-corrected chi connectivity index (χ4v) is 2.66. The van der Waals surface area contributed by atoms with E-state index in [0.717, 1.165) is 11.3 Å². The lowest BCUT2D eigenvalue weighted by atomic mass is 9.89. The first-order chi connectivity index (χ1) is 9.28. The van der Waals surface area contributed by atoms with Gasteiger partial charge in [-0.05, 0) is 33.8 Å². The van der Waals surface area contributed by atoms with Crippen LogP contribution in [-0.2, 0) is 4.79 Å². The molecule has 2 N–H and O–H groups in total. The van der Waals surface area contributed by atoms with Crippen molar-refractivity contribution in [1.29, 1.82) is 0 Å². The van der Waals surface area contributed by atoms with Crippen LogP contribution >= 0.6 is 0 Å². The summed E-state index contributed by atoms with van der Waals surface area (Å²) < 4.78 is 6.00. The van der Waals surface area contributed by atoms with Gasteiger partial charge < -0.3 is 15.4 Å². The SMILES string of the molecule is CNC(=O)C(C)(C)CNC1c2ccccc2OC1(C)C. The van der Waals surface area contributed by atoms with Gasteiger partial charge in [-0.3, -0.25) is 4.79 Å². The number of nitrogens with one attached hydrogen (secondary N) is 2. The van der Waals surface area contributed by atoms with Crippen molar-refractivity contribution in [3.05, 3.63) is 29.8 Å². The third-order valence-corrected chi connectivity index (χ3v) is 3.89. The molecular formula is C16H24N2O2. The molecule has 0 aliphatic carbocycles. The van der Waals surface area contributed by atoms with Crippen molar-refractivity contribution in [1.82, 2.24) is 10.6 Å². The van der Waals surface area contributed by atoms with E-state index in [1.165, 1.54) is 0 Å². The Bertz CT molecular complexity index is 509. The van der Waals surface area contributed by atoms with E-state index in [1.54, 1.807) is 7.05 Å². The maximum absolute atomic E-state index is 11.9. The molecule has 0 saturated heterocycles. The number of amides is 1. The first-order valence-corrected chi connectivity index (χ1v) is 7.01. The topological polar surface area (TPSA) is 50.4 Å². The average Bonchev–Trinajstić information content (AvgIpc) is 2.65. The predicted octanol–water partition coefficient (Wildman–Crippen LogP) is 2.26. The Morgan fingerprint density at radius 1 is 1.35 bits per heavy atom. The molecule has 0 spiro atoms. The second kappa shape index (κ2) is 5.09. The van der Waals surface area contributed by atoms with Crippen LogP contribution in [0.5, 0.6) is 5.75 Å². The number of carbonyl (C=O) groups is 1. The third kappa shape index (κ3) is 2.66. The molecule has 110 valence electrons. The fourth-order valence-electron chi connectivity index (χ4n) is 2.66. The number of carbonyl (C=O) groups excluding carboxylic acids is 1. The van der Waals surface area contributed by atoms with E-state index in [1.807, 2.05) is 32.0 Å². The van der Waals surface area contributed by atoms with Gasteiger partial charge >= 0.3 is 0 Å². The van der Waals surface area contributed by atoms with Gasteiger partial charge in [-0.15, -0.1) is 0 Å². The Balaban J connectivity index is 2.15. The van der Waals surface area contributed by atoms with Crippen molar-refractivity contribution < 1.29 is 9.53 Å². The minimum absolute atomic E-state index is 0.0370. The zero-order valence-electron chi connectivity index (χ0n) is 12.9. The first-order valence-electron chi connectivity index (χ1n) is 7.01. The van der Waals surface area contributed by atoms with Crippen LogP contribution < -0.4 is 15.4 Å². The van der Waals surface area contributed by atoms with Gasteiger partial charge in [0.25, 0.3) is 0 Å². The van der Waals surface area contributed by atoms with Gasteiger partial charge in [0.2, 0.25) is 5.91 Å². The molecule has 1 aromatic carbocycles. The lowest BCUT2D eigenvalue weighted by Gasteiger charge is -2.31. The van der Waals surface area contributed by atoms with E-state index < -0.39 is 5.41 Å². The summed E-state index contributed by atoms with van der Waals surface area (Å²) in [4.78, 5) is 11.9. The van der Waals surface area contributed by atoms with Crippen LogP contribution in [0, 0.1) is 5.41 Å². The Kier molecular flexibility index (Phi) is 3.78. The van der Waals surface area contributed by atoms with Crippen molar-refractivity contribution in [3.8, 4) is 5.75 Å². The van der Waals surface area contributed by atoms with Gasteiger partial charge in [0.1, 0.15) is 11.4 Å². The highest BCUT2D eigenvalue weighted by molar-refractivity contribution is 5.81. The number of hydrogen-bond acceptors (Lipinski definition) is 3. The van der Waals surface area contributed by atoms with Gasteiger partial charge in [-0.25, -0.2) is 0 Å². The molecule has 0 fully saturated rings. The van der Waals surface area contributed by atoms with E-state index in [2.05, 4.69) is 30.5 Å². The lowest BCUT2D eigenvalue weighted by Crippen LogP contribution is -2.47. The summed E-state index contributed by atoms with van der Waals surface area (Å²) >= 11 is 0. The molecule has 4 nitrogen and oxygen atoms in total. The van der Waals surface area contributed by atoms with Crippen molar-refractivity contribution in [3.63, 3.8) is 0 Å². The average molecular weight is 276 g/mol. The van der Waals surface area contributed by atoms with Gasteiger partial charge in [0, 0.05) is 19.2 Å². The van der Waals surface area contributed by atoms with E-state index in [4.69, 9.17) is 4.74 Å². The lowest BCUT2D eigenvalue weighted by molar-refractivity contribution is -0.128. The second-order valence-electron chi connectivity index (χ2n) is 6.52. The standard InChI is InChI=1S/C16H24N2O2/c1-15(2,14(19)17-5)10-18-13-11-8-6-7-9-12(11)20-16(13,3)4/h6-9,13,18H,10H2,1-5H3,(H,17,19). The summed E-state index contributed by atoms with van der Waals surface area (Å²) in [6.45, 7) is 8.61. The normalized spacial score (nSPS) is 20.1. The molecule has 1 heterocycles. The molecule has 1 amide bonds. The maximum Gasteiger partial charge on any atom is 0.226 e. The molecule has 1 aliphatic rings. The van der Waals surface area contributed by atoms with Crippen molar-refractivity contribution in [2.24, 2.45) is 5.41 Å². The molecule has 1 unspecified atom stereocenters. The third-order valence-electron chi connectivity index (χ3n) is 3.89. The zero-order valence-corrected chi connectivity index (χ0v) is 12.9. The number of hydrogen-bond donors (Lipinski definition) is 2. The summed E-state index contributed by atoms with van der Waals surface area (Å²) in [5.41, 5.74) is 0.385. The van der Waals surface area contributed by atoms with Crippen molar-refractivity contribution in [2.75, 3.05) is 13.6 Å². The van der Waals surface area contributed by atoms with Crippen LogP contribution in [0.15, 0.2) is 24.3 Å². The fraction of sp³-hybridized carbons (Fsp3) is 0.562. The largest absolute Gasteiger partial charge is 0.486 e. The van der Waals surface area contributed by atoms with Crippen LogP contribution in [0.25, 0.3) is 0 Å². The minimum Gasteiger partial charge on any atom is -0.486 e. The number of ether oxygens (including phenoxy) is 1. The summed E-state index contributed by atoms with van der Waals surface area (Å²) in [6.07, 6.45) is 0. The first kappa shape index (κ1) is 14.9. The zero-order chi connectivity index (χ0) is 15.0. The molecule has 4 heteroatoms. The Morgan fingerprint density at radius 3 is 2.65 bits per heavy atom. The molecule has 0 aromatic heterocycles. The Hall–Kier alpha value is -1.55. The van der Waals surface area contributed by atoms with E-state index in [0.29, 0.717) is 6.54 Å². The van der Waals surface area contributed by atoms with Crippen LogP contribution in [0.4, 0.5) is 0 Å². The van der Waals surface area contributed by atoms with Gasteiger partial charge in [0.05, 0.1) is 11.5 Å². The van der Waals surface area contributed by atoms with Crippen LogP contribution in [0.2, 0.25) is 0 Å². The van der Waals surface area contributed by atoms with Gasteiger partial charge in [-0.1, -0.05) is 18.2 Å². The van der Waals surface area contributed by atoms with Gasteiger partial charge in [0.15, 0.2) is 0 Å². The molecule has 1 atom stereocenters. The van der Waals surface area contributed by atoms with Gasteiger partial charge in [-0.2, -0.15) is 0 Å². The highest BCUT2D eigenvalue weighted by Crippen LogP contribution is 2.42. The van der Waals surface area contributed by atoms with E-state index in [9.17, 15) is 4.79 Å². The maximum atomic E-state index is 11.9. The minimum atomic E-state index is -0.456. The van der Waals surface area contributed by atoms with Crippen LogP contribution in [0.3, 0.4) is 0 Å². The highest BCUT2D eigenvalue weighted by Gasteiger charge is 2.41. The smallest absolute Gasteiger partial charge is 0.226 e. The highest BCUT2D eigenvalue weighted by atomic mass is 16.5. The summed E-state index contributed by atoms with van der Waals surface area (Å²) in [5, 5.41) is 6.21. The molecule has 0 bridgehead atoms. The van der Waals surface area contributed by atoms with E-state index in [-0.39, 0.29) is 17.6 Å². The molecule has 1 aliphatic heterocycles. The summed E-state index contributed by atoms with van der Waals surface area (Å²) in [7, 11) is 1.67. The Labute approximate surface area is 120 Å². The monoisotopic (exact) mass is 276 g/mol. The van der Waals surface area contributed by atoms with Crippen LogP contribution in [0.1, 0.15) is 39.3 Å². The molecule has 0 radical (unpaired) electrons. The molecule has 0 saturated carbocycles. The molecule has 2 rings (SSSR count). The number of rotatable bonds is 4. The molecule has 1 aromatic rings. The predicted molar refractivity (Wildman–Crippen MR) is 79.7 cm³/mol. The summed E-state index contributed by atoms with van der Waals surface area (Å²) in [6, 6.07) is 8.15. The number of benzene rings is 1. The summed E-state index contributed by atoms with van der Waals surface area (Å²) in [5.74, 6) is 0.961. The quantitative estimate of drug-likeness (QED) is 0.887. The second-order valence-corrected chi connectivity index (χ2v) is 6.52. The van der Waals surface area contributed by atoms with E-state index >= 15 is 0 Å². The number of fused-ring (bicyclic) bond motifs is 1. The Morgan fingerprint density at radius 2 is 2.00 bits per heavy atom. The molecule has 20 heavy (non-hydrogen) atoms. The van der Waals surface area contributed by atoms with Crippen molar-refractivity contribution >= 4 is 5.91 Å². The number of para-hydroxylation sites is 1. The van der Waals surface area contributed by atoms with Crippen LogP contribution in [-0.4, -0.2) is 25.1 Å². The van der Waals surface area contributed by atoms with Crippen molar-refractivity contribution in [2.45, 2.75) is 39.3 Å². The molecular weight excluding hydrogens is 252 g/mol.